The second kappa shape index (κ2) is 6.90. The number of nitrogens with one attached hydrogen (secondary N) is 1. The lowest BCUT2D eigenvalue weighted by Gasteiger charge is -2.35. The van der Waals surface area contributed by atoms with Gasteiger partial charge in [-0.3, -0.25) is 4.68 Å². The molecule has 3 nitrogen and oxygen atoms in total. The Balaban J connectivity index is 1.64. The monoisotopic (exact) mass is 283 g/mol. The van der Waals surface area contributed by atoms with Gasteiger partial charge in [-0.15, -0.1) is 0 Å². The first-order chi connectivity index (χ1) is 10.3. The highest BCUT2D eigenvalue weighted by molar-refractivity contribution is 5.22. The van der Waals surface area contributed by atoms with Crippen LogP contribution < -0.4 is 5.32 Å². The summed E-state index contributed by atoms with van der Waals surface area (Å²) in [5.41, 5.74) is 1.49. The van der Waals surface area contributed by atoms with E-state index in [0.29, 0.717) is 18.0 Å². The van der Waals surface area contributed by atoms with E-state index in [-0.39, 0.29) is 0 Å². The van der Waals surface area contributed by atoms with Crippen molar-refractivity contribution in [3.8, 4) is 0 Å². The third kappa shape index (κ3) is 3.73. The smallest absolute Gasteiger partial charge is 0.0560 e. The van der Waals surface area contributed by atoms with Crippen molar-refractivity contribution in [1.29, 1.82) is 0 Å². The average molecular weight is 283 g/mol. The van der Waals surface area contributed by atoms with Gasteiger partial charge in [-0.1, -0.05) is 43.2 Å². The lowest BCUT2D eigenvalue weighted by molar-refractivity contribution is 0.290. The van der Waals surface area contributed by atoms with E-state index in [2.05, 4.69) is 47.7 Å². The Morgan fingerprint density at radius 1 is 1.19 bits per heavy atom. The number of aromatic nitrogens is 2. The quantitative estimate of drug-likeness (QED) is 0.909. The molecule has 0 radical (unpaired) electrons. The van der Waals surface area contributed by atoms with Crippen LogP contribution in [-0.2, 0) is 6.54 Å². The highest BCUT2D eigenvalue weighted by atomic mass is 15.3. The molecule has 21 heavy (non-hydrogen) atoms. The van der Waals surface area contributed by atoms with Gasteiger partial charge < -0.3 is 5.32 Å². The zero-order valence-electron chi connectivity index (χ0n) is 12.8. The molecule has 3 heteroatoms. The summed E-state index contributed by atoms with van der Waals surface area (Å²) in [5, 5.41) is 8.15. The van der Waals surface area contributed by atoms with Crippen molar-refractivity contribution < 1.29 is 0 Å². The van der Waals surface area contributed by atoms with Crippen LogP contribution in [0.2, 0.25) is 0 Å². The molecule has 0 spiro atoms. The van der Waals surface area contributed by atoms with Crippen molar-refractivity contribution in [3.05, 3.63) is 54.4 Å². The molecule has 2 aromatic rings. The molecule has 1 saturated carbocycles. The van der Waals surface area contributed by atoms with E-state index >= 15 is 0 Å². The minimum absolute atomic E-state index is 0.444. The molecule has 1 aliphatic rings. The topological polar surface area (TPSA) is 29.9 Å². The largest absolute Gasteiger partial charge is 0.309 e. The normalized spacial score (nSPS) is 23.9. The lowest BCUT2D eigenvalue weighted by Crippen LogP contribution is -2.43. The summed E-state index contributed by atoms with van der Waals surface area (Å²) in [4.78, 5) is 0. The maximum atomic E-state index is 4.30. The summed E-state index contributed by atoms with van der Waals surface area (Å²) in [7, 11) is 0. The highest BCUT2D eigenvalue weighted by Crippen LogP contribution is 2.33. The molecule has 1 fully saturated rings. The minimum Gasteiger partial charge on any atom is -0.309 e. The number of hydrogen-bond acceptors (Lipinski definition) is 2. The molecule has 1 aliphatic carbocycles. The Morgan fingerprint density at radius 2 is 2.00 bits per heavy atom. The van der Waals surface area contributed by atoms with Crippen LogP contribution >= 0.6 is 0 Å². The minimum atomic E-state index is 0.444. The predicted octanol–water partition coefficient (Wildman–Crippen LogP) is 3.59. The second-order valence-electron chi connectivity index (χ2n) is 6.20. The zero-order valence-corrected chi connectivity index (χ0v) is 12.8. The summed E-state index contributed by atoms with van der Waals surface area (Å²) in [6.45, 7) is 3.20. The van der Waals surface area contributed by atoms with Crippen LogP contribution in [0.1, 0.15) is 44.1 Å². The molecule has 112 valence electrons. The fraction of sp³-hybridized carbons (Fsp3) is 0.500. The molecule has 3 unspecified atom stereocenters. The Labute approximate surface area is 127 Å². The molecule has 0 bridgehead atoms. The Bertz CT molecular complexity index is 521. The fourth-order valence-electron chi connectivity index (χ4n) is 3.54. The molecule has 1 N–H and O–H groups in total. The van der Waals surface area contributed by atoms with E-state index in [9.17, 15) is 0 Å². The van der Waals surface area contributed by atoms with Gasteiger partial charge >= 0.3 is 0 Å². The molecule has 3 rings (SSSR count). The fourth-order valence-corrected chi connectivity index (χ4v) is 3.54. The Hall–Kier alpha value is -1.61. The van der Waals surface area contributed by atoms with Crippen LogP contribution in [0.3, 0.4) is 0 Å². The molecule has 1 aromatic heterocycles. The number of rotatable bonds is 5. The van der Waals surface area contributed by atoms with Gasteiger partial charge in [0.15, 0.2) is 0 Å². The maximum absolute atomic E-state index is 4.30. The van der Waals surface area contributed by atoms with E-state index < -0.39 is 0 Å². The summed E-state index contributed by atoms with van der Waals surface area (Å²) in [6.07, 6.45) is 9.16. The molecule has 3 atom stereocenters. The summed E-state index contributed by atoms with van der Waals surface area (Å²) >= 11 is 0. The van der Waals surface area contributed by atoms with E-state index in [4.69, 9.17) is 0 Å². The van der Waals surface area contributed by atoms with Gasteiger partial charge in [-0.05, 0) is 37.3 Å². The van der Waals surface area contributed by atoms with E-state index in [1.54, 1.807) is 0 Å². The third-order valence-corrected chi connectivity index (χ3v) is 4.51. The predicted molar refractivity (Wildman–Crippen MR) is 86.3 cm³/mol. The zero-order chi connectivity index (χ0) is 14.5. The van der Waals surface area contributed by atoms with Gasteiger partial charge in [-0.25, -0.2) is 0 Å². The first-order valence-corrected chi connectivity index (χ1v) is 8.11. The molecular formula is C18H25N3. The molecular weight excluding hydrogens is 258 g/mol. The van der Waals surface area contributed by atoms with Gasteiger partial charge in [-0.2, -0.15) is 5.10 Å². The number of hydrogen-bond donors (Lipinski definition) is 1. The van der Waals surface area contributed by atoms with Crippen LogP contribution in [0.5, 0.6) is 0 Å². The van der Waals surface area contributed by atoms with E-state index in [0.717, 1.165) is 6.54 Å². The van der Waals surface area contributed by atoms with Gasteiger partial charge in [0.2, 0.25) is 0 Å². The van der Waals surface area contributed by atoms with Gasteiger partial charge in [0.05, 0.1) is 6.54 Å². The third-order valence-electron chi connectivity index (χ3n) is 4.51. The summed E-state index contributed by atoms with van der Waals surface area (Å²) in [6, 6.07) is 14.0. The first kappa shape index (κ1) is 14.3. The first-order valence-electron chi connectivity index (χ1n) is 8.11. The van der Waals surface area contributed by atoms with Crippen molar-refractivity contribution in [3.63, 3.8) is 0 Å². The van der Waals surface area contributed by atoms with Crippen LogP contribution in [0, 0.1) is 0 Å². The van der Waals surface area contributed by atoms with Gasteiger partial charge in [0, 0.05) is 24.5 Å². The molecule has 0 aliphatic heterocycles. The van der Waals surface area contributed by atoms with Crippen LogP contribution in [-0.4, -0.2) is 21.9 Å². The lowest BCUT2D eigenvalue weighted by atomic mass is 9.79. The van der Waals surface area contributed by atoms with Crippen molar-refractivity contribution >= 4 is 0 Å². The van der Waals surface area contributed by atoms with E-state index in [1.807, 2.05) is 23.1 Å². The maximum Gasteiger partial charge on any atom is 0.0560 e. The average Bonchev–Trinajstić information content (AvgIpc) is 3.01. The molecule has 1 aromatic carbocycles. The Kier molecular flexibility index (Phi) is 4.71. The van der Waals surface area contributed by atoms with Crippen molar-refractivity contribution in [2.45, 2.75) is 57.2 Å². The molecule has 0 saturated heterocycles. The summed E-state index contributed by atoms with van der Waals surface area (Å²) < 4.78 is 2.01. The van der Waals surface area contributed by atoms with E-state index in [1.165, 1.54) is 31.2 Å². The Morgan fingerprint density at radius 3 is 2.76 bits per heavy atom. The standard InChI is InChI=1S/C18H25N3/c1-15(14-21-13-7-12-19-21)20-18-11-6-5-10-17(18)16-8-3-2-4-9-16/h2-4,7-9,12-13,15,17-18,20H,5-6,10-11,14H2,1H3. The van der Waals surface area contributed by atoms with Crippen molar-refractivity contribution in [1.82, 2.24) is 15.1 Å². The van der Waals surface area contributed by atoms with Crippen molar-refractivity contribution in [2.75, 3.05) is 0 Å². The highest BCUT2D eigenvalue weighted by Gasteiger charge is 2.27. The van der Waals surface area contributed by atoms with Gasteiger partial charge in [0.1, 0.15) is 0 Å². The van der Waals surface area contributed by atoms with Crippen molar-refractivity contribution in [2.24, 2.45) is 0 Å². The van der Waals surface area contributed by atoms with Crippen LogP contribution in [0.15, 0.2) is 48.8 Å². The second-order valence-corrected chi connectivity index (χ2v) is 6.20. The number of benzene rings is 1. The van der Waals surface area contributed by atoms with Crippen LogP contribution in [0.4, 0.5) is 0 Å². The SMILES string of the molecule is CC(Cn1cccn1)NC1CCCCC1c1ccccc1. The van der Waals surface area contributed by atoms with Crippen LogP contribution in [0.25, 0.3) is 0 Å². The van der Waals surface area contributed by atoms with Gasteiger partial charge in [0.25, 0.3) is 0 Å². The molecule has 1 heterocycles. The molecule has 0 amide bonds. The number of nitrogens with zero attached hydrogens (tertiary/aromatic N) is 2. The summed E-state index contributed by atoms with van der Waals surface area (Å²) in [5.74, 6) is 0.653.